The Morgan fingerprint density at radius 1 is 1.35 bits per heavy atom. The molecule has 1 heterocycles. The molecule has 0 unspecified atom stereocenters. The molecule has 0 atom stereocenters. The molecular formula is C14H13Cl3N4OS. The van der Waals surface area contributed by atoms with Gasteiger partial charge in [0.2, 0.25) is 5.91 Å². The van der Waals surface area contributed by atoms with Crippen LogP contribution in [0.5, 0.6) is 0 Å². The first-order chi connectivity index (χ1) is 10.9. The predicted octanol–water partition coefficient (Wildman–Crippen LogP) is 4.46. The van der Waals surface area contributed by atoms with Crippen LogP contribution in [-0.4, -0.2) is 26.4 Å². The first kappa shape index (κ1) is 18.1. The molecule has 122 valence electrons. The van der Waals surface area contributed by atoms with Gasteiger partial charge in [0.25, 0.3) is 0 Å². The number of halogens is 3. The van der Waals surface area contributed by atoms with E-state index >= 15 is 0 Å². The summed E-state index contributed by atoms with van der Waals surface area (Å²) in [6, 6.07) is 3.03. The number of anilines is 1. The highest BCUT2D eigenvalue weighted by atomic mass is 35.5. The number of nitrogens with one attached hydrogen (secondary N) is 1. The van der Waals surface area contributed by atoms with Crippen LogP contribution in [0.4, 0.5) is 5.69 Å². The van der Waals surface area contributed by atoms with Gasteiger partial charge in [-0.25, -0.2) is 0 Å². The summed E-state index contributed by atoms with van der Waals surface area (Å²) < 4.78 is 1.87. The van der Waals surface area contributed by atoms with Gasteiger partial charge in [-0.2, -0.15) is 0 Å². The Balaban J connectivity index is 2.03. The Morgan fingerprint density at radius 3 is 2.61 bits per heavy atom. The lowest BCUT2D eigenvalue weighted by Crippen LogP contribution is -2.15. The highest BCUT2D eigenvalue weighted by molar-refractivity contribution is 7.99. The van der Waals surface area contributed by atoms with Crippen molar-refractivity contribution in [3.63, 3.8) is 0 Å². The van der Waals surface area contributed by atoms with E-state index in [-0.39, 0.29) is 21.7 Å². The van der Waals surface area contributed by atoms with E-state index in [1.807, 2.05) is 11.5 Å². The van der Waals surface area contributed by atoms with Crippen molar-refractivity contribution >= 4 is 58.2 Å². The number of aryl methyl sites for hydroxylation is 1. The highest BCUT2D eigenvalue weighted by Crippen LogP contribution is 2.33. The van der Waals surface area contributed by atoms with E-state index in [1.54, 1.807) is 6.08 Å². The number of thioether (sulfide) groups is 1. The SMILES string of the molecule is C=CCn1c(C)nnc1SCC(=O)Nc1c(Cl)cc(Cl)cc1Cl. The van der Waals surface area contributed by atoms with Crippen LogP contribution in [0.3, 0.4) is 0 Å². The number of rotatable bonds is 6. The minimum atomic E-state index is -0.257. The van der Waals surface area contributed by atoms with Gasteiger partial charge in [0.05, 0.1) is 21.5 Å². The van der Waals surface area contributed by atoms with Crippen molar-refractivity contribution in [2.24, 2.45) is 0 Å². The van der Waals surface area contributed by atoms with Gasteiger partial charge >= 0.3 is 0 Å². The number of hydrogen-bond acceptors (Lipinski definition) is 4. The van der Waals surface area contributed by atoms with Crippen LogP contribution in [0.15, 0.2) is 29.9 Å². The van der Waals surface area contributed by atoms with E-state index in [1.165, 1.54) is 23.9 Å². The van der Waals surface area contributed by atoms with Crippen LogP contribution in [-0.2, 0) is 11.3 Å². The molecule has 0 spiro atoms. The number of benzene rings is 1. The number of nitrogens with zero attached hydrogens (tertiary/aromatic N) is 3. The van der Waals surface area contributed by atoms with Crippen molar-refractivity contribution in [1.82, 2.24) is 14.8 Å². The Morgan fingerprint density at radius 2 is 2.00 bits per heavy atom. The van der Waals surface area contributed by atoms with Gasteiger partial charge in [0.15, 0.2) is 5.16 Å². The van der Waals surface area contributed by atoms with Gasteiger partial charge in [-0.1, -0.05) is 52.6 Å². The molecule has 1 N–H and O–H groups in total. The molecule has 23 heavy (non-hydrogen) atoms. The number of amides is 1. The maximum Gasteiger partial charge on any atom is 0.234 e. The molecule has 1 aromatic carbocycles. The highest BCUT2D eigenvalue weighted by Gasteiger charge is 2.14. The lowest BCUT2D eigenvalue weighted by atomic mass is 10.3. The van der Waals surface area contributed by atoms with Crippen LogP contribution in [0.1, 0.15) is 5.82 Å². The van der Waals surface area contributed by atoms with Crippen LogP contribution in [0, 0.1) is 6.92 Å². The Labute approximate surface area is 153 Å². The molecule has 0 aliphatic heterocycles. The zero-order chi connectivity index (χ0) is 17.0. The smallest absolute Gasteiger partial charge is 0.234 e. The van der Waals surface area contributed by atoms with Gasteiger partial charge in [-0.05, 0) is 19.1 Å². The van der Waals surface area contributed by atoms with Crippen LogP contribution in [0.25, 0.3) is 0 Å². The molecule has 0 fully saturated rings. The molecule has 0 aliphatic carbocycles. The minimum Gasteiger partial charge on any atom is -0.323 e. The fourth-order valence-electron chi connectivity index (χ4n) is 1.77. The first-order valence-electron chi connectivity index (χ1n) is 6.50. The van der Waals surface area contributed by atoms with E-state index in [2.05, 4.69) is 22.1 Å². The predicted molar refractivity (Wildman–Crippen MR) is 95.8 cm³/mol. The summed E-state index contributed by atoms with van der Waals surface area (Å²) in [6.07, 6.45) is 1.74. The second kappa shape index (κ2) is 8.06. The largest absolute Gasteiger partial charge is 0.323 e. The summed E-state index contributed by atoms with van der Waals surface area (Å²) >= 11 is 19.2. The molecular weight excluding hydrogens is 379 g/mol. The van der Waals surface area contributed by atoms with Gasteiger partial charge in [0, 0.05) is 11.6 Å². The van der Waals surface area contributed by atoms with Crippen molar-refractivity contribution in [1.29, 1.82) is 0 Å². The number of carbonyl (C=O) groups excluding carboxylic acids is 1. The Kier molecular flexibility index (Phi) is 6.35. The minimum absolute atomic E-state index is 0.143. The average Bonchev–Trinajstić information content (AvgIpc) is 2.82. The third-order valence-electron chi connectivity index (χ3n) is 2.82. The van der Waals surface area contributed by atoms with Crippen molar-refractivity contribution in [2.45, 2.75) is 18.6 Å². The summed E-state index contributed by atoms with van der Waals surface area (Å²) in [4.78, 5) is 12.1. The number of carbonyl (C=O) groups is 1. The van der Waals surface area contributed by atoms with Crippen molar-refractivity contribution < 1.29 is 4.79 Å². The van der Waals surface area contributed by atoms with Crippen LogP contribution < -0.4 is 5.32 Å². The summed E-state index contributed by atoms with van der Waals surface area (Å²) in [5.74, 6) is 0.647. The Bertz CT molecular complexity index is 725. The first-order valence-corrected chi connectivity index (χ1v) is 8.62. The van der Waals surface area contributed by atoms with Gasteiger partial charge in [-0.15, -0.1) is 16.8 Å². The van der Waals surface area contributed by atoms with Gasteiger partial charge < -0.3 is 9.88 Å². The van der Waals surface area contributed by atoms with E-state index in [4.69, 9.17) is 34.8 Å². The number of allylic oxidation sites excluding steroid dienone is 1. The van der Waals surface area contributed by atoms with Crippen LogP contribution >= 0.6 is 46.6 Å². The van der Waals surface area contributed by atoms with E-state index < -0.39 is 0 Å². The Hall–Kier alpha value is -1.21. The molecule has 0 saturated heterocycles. The maximum absolute atomic E-state index is 12.1. The third-order valence-corrected chi connectivity index (χ3v) is 4.60. The number of hydrogen-bond donors (Lipinski definition) is 1. The molecule has 0 aliphatic rings. The average molecular weight is 392 g/mol. The number of aromatic nitrogens is 3. The molecule has 5 nitrogen and oxygen atoms in total. The van der Waals surface area contributed by atoms with E-state index in [0.29, 0.717) is 22.4 Å². The normalized spacial score (nSPS) is 10.6. The quantitative estimate of drug-likeness (QED) is 0.583. The third kappa shape index (κ3) is 4.64. The van der Waals surface area contributed by atoms with Crippen molar-refractivity contribution in [3.8, 4) is 0 Å². The summed E-state index contributed by atoms with van der Waals surface area (Å²) in [7, 11) is 0. The maximum atomic E-state index is 12.1. The molecule has 2 aromatic rings. The summed E-state index contributed by atoms with van der Waals surface area (Å²) in [6.45, 7) is 6.11. The van der Waals surface area contributed by atoms with Crippen molar-refractivity contribution in [3.05, 3.63) is 45.7 Å². The lowest BCUT2D eigenvalue weighted by molar-refractivity contribution is -0.113. The van der Waals surface area contributed by atoms with Crippen molar-refractivity contribution in [2.75, 3.05) is 11.1 Å². The summed E-state index contributed by atoms with van der Waals surface area (Å²) in [5.41, 5.74) is 0.340. The fraction of sp³-hybridized carbons (Fsp3) is 0.214. The van der Waals surface area contributed by atoms with Gasteiger partial charge in [0.1, 0.15) is 5.82 Å². The van der Waals surface area contributed by atoms with Gasteiger partial charge in [-0.3, -0.25) is 4.79 Å². The molecule has 9 heteroatoms. The topological polar surface area (TPSA) is 59.8 Å². The second-order valence-corrected chi connectivity index (χ2v) is 6.70. The molecule has 1 aromatic heterocycles. The molecule has 0 radical (unpaired) electrons. The summed E-state index contributed by atoms with van der Waals surface area (Å²) in [5, 5.41) is 12.3. The lowest BCUT2D eigenvalue weighted by Gasteiger charge is -2.10. The van der Waals surface area contributed by atoms with E-state index in [0.717, 1.165) is 5.82 Å². The van der Waals surface area contributed by atoms with Crippen LogP contribution in [0.2, 0.25) is 15.1 Å². The standard InChI is InChI=1S/C14H13Cl3N4OS/c1-3-4-21-8(2)19-20-14(21)23-7-12(22)18-13-10(16)5-9(15)6-11(13)17/h3,5-6H,1,4,7H2,2H3,(H,18,22). The molecule has 0 saturated carbocycles. The zero-order valence-electron chi connectivity index (χ0n) is 12.1. The molecule has 0 bridgehead atoms. The molecule has 1 amide bonds. The fourth-order valence-corrected chi connectivity index (χ4v) is 3.48. The van der Waals surface area contributed by atoms with E-state index in [9.17, 15) is 4.79 Å². The zero-order valence-corrected chi connectivity index (χ0v) is 15.2. The monoisotopic (exact) mass is 390 g/mol. The second-order valence-electron chi connectivity index (χ2n) is 4.51. The molecule has 2 rings (SSSR count).